The van der Waals surface area contributed by atoms with Crippen LogP contribution in [0.5, 0.6) is 0 Å². The molecule has 204 valence electrons. The maximum absolute atomic E-state index is 15.2. The van der Waals surface area contributed by atoms with E-state index < -0.39 is 35.1 Å². The maximum atomic E-state index is 15.2. The van der Waals surface area contributed by atoms with E-state index in [1.807, 2.05) is 12.2 Å². The molecule has 0 saturated heterocycles. The summed E-state index contributed by atoms with van der Waals surface area (Å²) >= 11 is 6.07. The summed E-state index contributed by atoms with van der Waals surface area (Å²) in [5, 5.41) is 9.20. The zero-order chi connectivity index (χ0) is 28.8. The Labute approximate surface area is 223 Å². The molecule has 0 spiro atoms. The Hall–Kier alpha value is -3.17. The van der Waals surface area contributed by atoms with Crippen LogP contribution in [0, 0.1) is 19.3 Å². The van der Waals surface area contributed by atoms with Crippen molar-refractivity contribution >= 4 is 35.4 Å². The molecule has 0 aromatic heterocycles. The van der Waals surface area contributed by atoms with Gasteiger partial charge in [-0.3, -0.25) is 10.3 Å². The van der Waals surface area contributed by atoms with Gasteiger partial charge in [-0.05, 0) is 78.9 Å². The highest BCUT2D eigenvalue weighted by Gasteiger charge is 2.40. The van der Waals surface area contributed by atoms with Gasteiger partial charge in [-0.25, -0.2) is 4.39 Å². The van der Waals surface area contributed by atoms with Gasteiger partial charge in [0.1, 0.15) is 11.7 Å². The van der Waals surface area contributed by atoms with Crippen LogP contribution in [0.3, 0.4) is 0 Å². The van der Waals surface area contributed by atoms with Crippen molar-refractivity contribution in [3.8, 4) is 0 Å². The minimum Gasteiger partial charge on any atom is -0.308 e. The van der Waals surface area contributed by atoms with Gasteiger partial charge in [-0.15, -0.1) is 0 Å². The zero-order valence-electron chi connectivity index (χ0n) is 21.3. The fraction of sp³-hybridized carbons (Fsp3) is 0.286. The minimum atomic E-state index is -4.87. The molecular formula is C28H28ClF6N3. The van der Waals surface area contributed by atoms with Crippen molar-refractivity contribution < 1.29 is 26.3 Å². The number of nitrogens with zero attached hydrogens (tertiary/aromatic N) is 1. The summed E-state index contributed by atoms with van der Waals surface area (Å²) in [7, 11) is 0.989. The molecule has 0 amide bonds. The van der Waals surface area contributed by atoms with Gasteiger partial charge in [-0.1, -0.05) is 43.3 Å². The first-order valence-corrected chi connectivity index (χ1v) is 11.9. The molecule has 38 heavy (non-hydrogen) atoms. The van der Waals surface area contributed by atoms with Gasteiger partial charge in [0.25, 0.3) is 0 Å². The van der Waals surface area contributed by atoms with Crippen molar-refractivity contribution in [3.05, 3.63) is 93.2 Å². The van der Waals surface area contributed by atoms with E-state index in [-0.39, 0.29) is 21.7 Å². The van der Waals surface area contributed by atoms with Crippen LogP contribution in [0.2, 0.25) is 5.02 Å². The number of hydrogen-bond acceptors (Lipinski definition) is 3. The number of rotatable bonds is 10. The van der Waals surface area contributed by atoms with Crippen molar-refractivity contribution in [2.45, 2.75) is 45.3 Å². The van der Waals surface area contributed by atoms with Gasteiger partial charge < -0.3 is 5.41 Å². The highest BCUT2D eigenvalue weighted by Crippen LogP contribution is 2.41. The second kappa shape index (κ2) is 12.6. The molecule has 0 fully saturated rings. The lowest BCUT2D eigenvalue weighted by molar-refractivity contribution is -0.139. The number of nitrogens with one attached hydrogen (secondary N) is 2. The Kier molecular flexibility index (Phi) is 10.3. The van der Waals surface area contributed by atoms with Crippen LogP contribution >= 0.6 is 11.6 Å². The van der Waals surface area contributed by atoms with Crippen molar-refractivity contribution in [1.29, 1.82) is 5.41 Å². The fourth-order valence-electron chi connectivity index (χ4n) is 3.54. The predicted octanol–water partition coefficient (Wildman–Crippen LogP) is 8.91. The first kappa shape index (κ1) is 31.1. The Morgan fingerprint density at radius 3 is 2.34 bits per heavy atom. The molecule has 2 aromatic rings. The number of benzene rings is 2. The molecule has 0 radical (unpaired) electrons. The van der Waals surface area contributed by atoms with E-state index in [0.717, 1.165) is 37.5 Å². The highest BCUT2D eigenvalue weighted by atomic mass is 35.5. The molecule has 2 N–H and O–H groups in total. The second-order valence-electron chi connectivity index (χ2n) is 8.57. The summed E-state index contributed by atoms with van der Waals surface area (Å²) in [5.41, 5.74) is 0.219. The number of hydrogen-bond donors (Lipinski definition) is 2. The Bertz CT molecular complexity index is 1270. The molecule has 0 saturated carbocycles. The molecule has 3 nitrogen and oxygen atoms in total. The molecule has 1 atom stereocenters. The van der Waals surface area contributed by atoms with E-state index in [2.05, 4.69) is 11.6 Å². The lowest BCUT2D eigenvalue weighted by atomic mass is 9.92. The molecule has 1 unspecified atom stereocenters. The average Bonchev–Trinajstić information content (AvgIpc) is 2.86. The summed E-state index contributed by atoms with van der Waals surface area (Å²) in [6.07, 6.45) is -0.303. The molecule has 0 heterocycles. The van der Waals surface area contributed by atoms with Crippen LogP contribution in [0.1, 0.15) is 52.6 Å². The van der Waals surface area contributed by atoms with Crippen molar-refractivity contribution in [2.75, 3.05) is 7.05 Å². The monoisotopic (exact) mass is 555 g/mol. The molecule has 2 aromatic carbocycles. The summed E-state index contributed by atoms with van der Waals surface area (Å²) in [6, 6.07) is 1.76. The van der Waals surface area contributed by atoms with Crippen LogP contribution in [0.15, 0.2) is 59.8 Å². The van der Waals surface area contributed by atoms with E-state index in [0.29, 0.717) is 29.2 Å². The molecule has 10 heteroatoms. The Morgan fingerprint density at radius 1 is 1.16 bits per heavy atom. The van der Waals surface area contributed by atoms with E-state index in [1.54, 1.807) is 13.8 Å². The van der Waals surface area contributed by atoms with E-state index >= 15 is 4.39 Å². The Balaban J connectivity index is 2.61. The lowest BCUT2D eigenvalue weighted by Gasteiger charge is -2.21. The molecule has 2 rings (SSSR count). The van der Waals surface area contributed by atoms with Gasteiger partial charge in [0.2, 0.25) is 0 Å². The largest absolute Gasteiger partial charge is 0.399 e. The highest BCUT2D eigenvalue weighted by molar-refractivity contribution is 6.31. The minimum absolute atomic E-state index is 0.0560. The summed E-state index contributed by atoms with van der Waals surface area (Å²) in [6.45, 7) is 8.78. The molecular weight excluding hydrogens is 528 g/mol. The standard InChI is InChI=1S/C28H28ClF6N3/c1-6-19(13-36)15-38-14-17(3)22-8-7-20(10-24(22)28(34,35)37-5)26(30)12-23(27(31,32)33)21-9-16(2)18(4)25(29)11-21/h7-15,23,36-37H,3,6H2,1-2,4-5H3/b19-15-,26-12-,36-13?,38-14?. The van der Waals surface area contributed by atoms with Gasteiger partial charge in [0.15, 0.2) is 0 Å². The second-order valence-corrected chi connectivity index (χ2v) is 8.98. The number of aliphatic imine (C=N–C) groups is 1. The average molecular weight is 556 g/mol. The molecule has 0 aliphatic rings. The smallest absolute Gasteiger partial charge is 0.308 e. The van der Waals surface area contributed by atoms with Crippen molar-refractivity contribution in [2.24, 2.45) is 4.99 Å². The third-order valence-corrected chi connectivity index (χ3v) is 6.40. The zero-order valence-corrected chi connectivity index (χ0v) is 22.0. The summed E-state index contributed by atoms with van der Waals surface area (Å²) in [4.78, 5) is 3.99. The lowest BCUT2D eigenvalue weighted by Crippen LogP contribution is -2.31. The van der Waals surface area contributed by atoms with Gasteiger partial charge in [0.05, 0.1) is 0 Å². The summed E-state index contributed by atoms with van der Waals surface area (Å²) < 4.78 is 86.6. The quantitative estimate of drug-likeness (QED) is 0.172. The van der Waals surface area contributed by atoms with Crippen molar-refractivity contribution in [1.82, 2.24) is 5.32 Å². The van der Waals surface area contributed by atoms with E-state index in [9.17, 15) is 22.0 Å². The molecule has 0 aliphatic carbocycles. The number of aryl methyl sites for hydroxylation is 1. The van der Waals surface area contributed by atoms with Crippen LogP contribution < -0.4 is 5.32 Å². The topological polar surface area (TPSA) is 48.2 Å². The van der Waals surface area contributed by atoms with E-state index in [1.165, 1.54) is 18.5 Å². The normalized spacial score (nSPS) is 14.2. The Morgan fingerprint density at radius 2 is 1.82 bits per heavy atom. The van der Waals surface area contributed by atoms with Crippen LogP contribution in [-0.2, 0) is 6.05 Å². The SMILES string of the molecule is C=C(C=N/C=C(\C=N)CC)c1ccc(/C(F)=C/C(c2cc(C)c(C)c(Cl)c2)C(F)(F)F)cc1C(F)(F)NC. The van der Waals surface area contributed by atoms with Crippen LogP contribution in [0.4, 0.5) is 26.3 Å². The predicted molar refractivity (Wildman–Crippen MR) is 143 cm³/mol. The fourth-order valence-corrected chi connectivity index (χ4v) is 3.81. The number of alkyl halides is 5. The number of halogens is 7. The van der Waals surface area contributed by atoms with Gasteiger partial charge in [0, 0.05) is 34.8 Å². The summed E-state index contributed by atoms with van der Waals surface area (Å²) in [5.74, 6) is -3.69. The first-order chi connectivity index (χ1) is 17.7. The van der Waals surface area contributed by atoms with Gasteiger partial charge >= 0.3 is 12.2 Å². The molecule has 0 aliphatic heterocycles. The van der Waals surface area contributed by atoms with Crippen LogP contribution in [-0.4, -0.2) is 25.7 Å². The third kappa shape index (κ3) is 7.45. The molecule has 0 bridgehead atoms. The van der Waals surface area contributed by atoms with Crippen molar-refractivity contribution in [3.63, 3.8) is 0 Å². The van der Waals surface area contributed by atoms with E-state index in [4.69, 9.17) is 17.0 Å². The maximum Gasteiger partial charge on any atom is 0.399 e. The third-order valence-electron chi connectivity index (χ3n) is 6.01. The number of allylic oxidation sites excluding steroid dienone is 3. The van der Waals surface area contributed by atoms with Gasteiger partial charge in [-0.2, -0.15) is 22.0 Å². The van der Waals surface area contributed by atoms with Crippen LogP contribution in [0.25, 0.3) is 11.4 Å². The first-order valence-electron chi connectivity index (χ1n) is 11.5.